The maximum atomic E-state index is 14.6. The van der Waals surface area contributed by atoms with E-state index in [-0.39, 0.29) is 17.6 Å². The van der Waals surface area contributed by atoms with Crippen LogP contribution in [0.25, 0.3) is 0 Å². The van der Waals surface area contributed by atoms with Gasteiger partial charge in [0, 0.05) is 11.5 Å². The van der Waals surface area contributed by atoms with E-state index < -0.39 is 0 Å². The van der Waals surface area contributed by atoms with E-state index >= 15 is 0 Å². The fraction of sp³-hybridized carbons (Fsp3) is 0.400. The van der Waals surface area contributed by atoms with E-state index in [0.717, 1.165) is 42.1 Å². The van der Waals surface area contributed by atoms with Crippen molar-refractivity contribution >= 4 is 14.5 Å². The molecule has 0 aliphatic carbocycles. The van der Waals surface area contributed by atoms with Crippen molar-refractivity contribution in [3.63, 3.8) is 0 Å². The van der Waals surface area contributed by atoms with Gasteiger partial charge in [-0.1, -0.05) is 51.0 Å². The van der Waals surface area contributed by atoms with Gasteiger partial charge in [0.25, 0.3) is 0 Å². The molecule has 0 spiro atoms. The minimum atomic E-state index is -0.255. The van der Waals surface area contributed by atoms with Gasteiger partial charge in [-0.3, -0.25) is 0 Å². The van der Waals surface area contributed by atoms with E-state index in [1.807, 2.05) is 6.07 Å². The first kappa shape index (κ1) is 18.1. The molecule has 0 saturated carbocycles. The number of halogens is 2. The molecule has 0 heterocycles. The summed E-state index contributed by atoms with van der Waals surface area (Å²) in [6.45, 7) is 4.32. The topological polar surface area (TPSA) is 0 Å². The lowest BCUT2D eigenvalue weighted by Crippen LogP contribution is -2.21. The van der Waals surface area contributed by atoms with E-state index in [2.05, 4.69) is 23.1 Å². The van der Waals surface area contributed by atoms with Crippen molar-refractivity contribution in [3.8, 4) is 0 Å². The molecule has 0 aromatic heterocycles. The Hall–Kier alpha value is -1.27. The highest BCUT2D eigenvalue weighted by Gasteiger charge is 2.27. The molecule has 3 heteroatoms. The Morgan fingerprint density at radius 1 is 0.913 bits per heavy atom. The van der Waals surface area contributed by atoms with Gasteiger partial charge in [-0.15, -0.1) is 9.24 Å². The second-order valence-electron chi connectivity index (χ2n) is 6.11. The van der Waals surface area contributed by atoms with Crippen LogP contribution in [0.1, 0.15) is 56.6 Å². The highest BCUT2D eigenvalue weighted by atomic mass is 31.0. The highest BCUT2D eigenvalue weighted by Crippen LogP contribution is 2.38. The molecule has 0 nitrogen and oxygen atoms in total. The Labute approximate surface area is 140 Å². The van der Waals surface area contributed by atoms with E-state index in [1.54, 1.807) is 18.2 Å². The van der Waals surface area contributed by atoms with Gasteiger partial charge in [-0.05, 0) is 47.8 Å². The lowest BCUT2D eigenvalue weighted by Gasteiger charge is -2.29. The summed E-state index contributed by atoms with van der Waals surface area (Å²) >= 11 is 0. The smallest absolute Gasteiger partial charge is 0.127 e. The molecule has 2 atom stereocenters. The standard InChI is InChI=1S/C20H25F2P/c1-3-6-14(7-4-2)19(15-10-12-16(21)13-11-15)20-17(22)8-5-9-18(20)23/h5,8-14,19H,3-4,6-7,23H2,1-2H3. The third kappa shape index (κ3) is 4.38. The molecule has 0 aliphatic heterocycles. The Morgan fingerprint density at radius 2 is 1.52 bits per heavy atom. The van der Waals surface area contributed by atoms with Gasteiger partial charge in [0.05, 0.1) is 0 Å². The van der Waals surface area contributed by atoms with Gasteiger partial charge in [0.15, 0.2) is 0 Å². The van der Waals surface area contributed by atoms with Crippen LogP contribution in [0.15, 0.2) is 42.5 Å². The second kappa shape index (κ2) is 8.55. The molecular formula is C20H25F2P. The number of hydrogen-bond donors (Lipinski definition) is 0. The molecule has 0 saturated heterocycles. The fourth-order valence-electron chi connectivity index (χ4n) is 3.45. The summed E-state index contributed by atoms with van der Waals surface area (Å²) in [6, 6.07) is 11.7. The third-order valence-electron chi connectivity index (χ3n) is 4.42. The van der Waals surface area contributed by atoms with Crippen molar-refractivity contribution in [2.45, 2.75) is 45.4 Å². The van der Waals surface area contributed by atoms with Gasteiger partial charge >= 0.3 is 0 Å². The number of rotatable bonds is 7. The quantitative estimate of drug-likeness (QED) is 0.560. The van der Waals surface area contributed by atoms with Gasteiger partial charge in [0.2, 0.25) is 0 Å². The Bertz CT molecular complexity index is 596. The van der Waals surface area contributed by atoms with Crippen molar-refractivity contribution in [2.75, 3.05) is 0 Å². The Kier molecular flexibility index (Phi) is 6.72. The number of hydrogen-bond acceptors (Lipinski definition) is 0. The molecule has 124 valence electrons. The summed E-state index contributed by atoms with van der Waals surface area (Å²) in [6.07, 6.45) is 4.19. The minimum Gasteiger partial charge on any atom is -0.207 e. The summed E-state index contributed by atoms with van der Waals surface area (Å²) < 4.78 is 27.9. The van der Waals surface area contributed by atoms with Crippen LogP contribution in [0.4, 0.5) is 8.78 Å². The molecule has 0 fully saturated rings. The maximum Gasteiger partial charge on any atom is 0.127 e. The zero-order chi connectivity index (χ0) is 16.8. The second-order valence-corrected chi connectivity index (χ2v) is 6.73. The molecule has 0 N–H and O–H groups in total. The van der Waals surface area contributed by atoms with Crippen molar-refractivity contribution in [2.24, 2.45) is 5.92 Å². The van der Waals surface area contributed by atoms with Crippen molar-refractivity contribution in [1.82, 2.24) is 0 Å². The average molecular weight is 334 g/mol. The van der Waals surface area contributed by atoms with Gasteiger partial charge in [0.1, 0.15) is 11.6 Å². The molecule has 2 aromatic rings. The molecular weight excluding hydrogens is 309 g/mol. The average Bonchev–Trinajstić information content (AvgIpc) is 2.52. The summed E-state index contributed by atoms with van der Waals surface area (Å²) in [5.74, 6) is -0.116. The van der Waals surface area contributed by atoms with Crippen molar-refractivity contribution in [1.29, 1.82) is 0 Å². The Morgan fingerprint density at radius 3 is 2.04 bits per heavy atom. The lowest BCUT2D eigenvalue weighted by atomic mass is 9.76. The molecule has 2 aromatic carbocycles. The van der Waals surface area contributed by atoms with E-state index in [9.17, 15) is 8.78 Å². The molecule has 23 heavy (non-hydrogen) atoms. The Balaban J connectivity index is 2.56. The first-order chi connectivity index (χ1) is 11.1. The predicted octanol–water partition coefficient (Wildman–Crippen LogP) is 5.81. The molecule has 0 radical (unpaired) electrons. The van der Waals surface area contributed by atoms with Crippen LogP contribution in [-0.2, 0) is 0 Å². The monoisotopic (exact) mass is 334 g/mol. The summed E-state index contributed by atoms with van der Waals surface area (Å²) in [7, 11) is 2.65. The summed E-state index contributed by atoms with van der Waals surface area (Å²) in [5.41, 5.74) is 1.73. The fourth-order valence-corrected chi connectivity index (χ4v) is 3.87. The maximum absolute atomic E-state index is 14.6. The highest BCUT2D eigenvalue weighted by molar-refractivity contribution is 7.27. The molecule has 2 unspecified atom stereocenters. The van der Waals surface area contributed by atoms with E-state index in [0.29, 0.717) is 5.92 Å². The van der Waals surface area contributed by atoms with Gasteiger partial charge in [-0.25, -0.2) is 8.78 Å². The first-order valence-corrected chi connectivity index (χ1v) is 8.95. The lowest BCUT2D eigenvalue weighted by molar-refractivity contribution is 0.388. The SMILES string of the molecule is CCCC(CCC)C(c1ccc(F)cc1)c1c(F)cccc1P. The van der Waals surface area contributed by atoms with E-state index in [1.165, 1.54) is 18.2 Å². The van der Waals surface area contributed by atoms with Gasteiger partial charge in [-0.2, -0.15) is 0 Å². The summed E-state index contributed by atoms with van der Waals surface area (Å²) in [5, 5.41) is 0.886. The predicted molar refractivity (Wildman–Crippen MR) is 97.3 cm³/mol. The molecule has 2 rings (SSSR count). The molecule has 0 bridgehead atoms. The molecule has 0 aliphatic rings. The van der Waals surface area contributed by atoms with Gasteiger partial charge < -0.3 is 0 Å². The molecule has 0 amide bonds. The van der Waals surface area contributed by atoms with Crippen molar-refractivity contribution in [3.05, 3.63) is 65.2 Å². The van der Waals surface area contributed by atoms with Crippen LogP contribution in [0, 0.1) is 17.6 Å². The zero-order valence-corrected chi connectivity index (χ0v) is 15.0. The van der Waals surface area contributed by atoms with Crippen LogP contribution >= 0.6 is 9.24 Å². The van der Waals surface area contributed by atoms with Crippen LogP contribution in [0.2, 0.25) is 0 Å². The number of benzene rings is 2. The van der Waals surface area contributed by atoms with Crippen LogP contribution in [-0.4, -0.2) is 0 Å². The first-order valence-electron chi connectivity index (χ1n) is 8.37. The van der Waals surface area contributed by atoms with Crippen LogP contribution < -0.4 is 5.30 Å². The van der Waals surface area contributed by atoms with Crippen molar-refractivity contribution < 1.29 is 8.78 Å². The van der Waals surface area contributed by atoms with Crippen LogP contribution in [0.3, 0.4) is 0 Å². The largest absolute Gasteiger partial charge is 0.207 e. The third-order valence-corrected chi connectivity index (χ3v) is 4.92. The normalized spacial score (nSPS) is 12.6. The minimum absolute atomic E-state index is 0.0378. The zero-order valence-electron chi connectivity index (χ0n) is 13.9. The van der Waals surface area contributed by atoms with E-state index in [4.69, 9.17) is 0 Å². The summed E-state index contributed by atoms with van der Waals surface area (Å²) in [4.78, 5) is 0. The van der Waals surface area contributed by atoms with Crippen LogP contribution in [0.5, 0.6) is 0 Å².